The van der Waals surface area contributed by atoms with Crippen LogP contribution in [0.2, 0.25) is 5.02 Å². The molecular weight excluding hydrogens is 324 g/mol. The van der Waals surface area contributed by atoms with E-state index in [2.05, 4.69) is 20.6 Å². The van der Waals surface area contributed by atoms with Crippen LogP contribution >= 0.6 is 11.6 Å². The van der Waals surface area contributed by atoms with Gasteiger partial charge < -0.3 is 10.6 Å². The maximum atomic E-state index is 12.3. The van der Waals surface area contributed by atoms with Crippen LogP contribution in [0.1, 0.15) is 16.1 Å². The molecule has 2 N–H and O–H groups in total. The summed E-state index contributed by atoms with van der Waals surface area (Å²) >= 11 is 5.92. The van der Waals surface area contributed by atoms with Crippen LogP contribution in [-0.4, -0.2) is 15.9 Å². The molecule has 0 radical (unpaired) electrons. The molecule has 2 aromatic heterocycles. The number of amides is 1. The summed E-state index contributed by atoms with van der Waals surface area (Å²) in [5.41, 5.74) is 2.76. The lowest BCUT2D eigenvalue weighted by Crippen LogP contribution is -2.12. The summed E-state index contributed by atoms with van der Waals surface area (Å²) in [6.07, 6.45) is 4.93. The number of pyridine rings is 2. The van der Waals surface area contributed by atoms with Gasteiger partial charge in [-0.1, -0.05) is 23.7 Å². The number of carbonyl (C=O) groups is 1. The van der Waals surface area contributed by atoms with Gasteiger partial charge in [0.15, 0.2) is 0 Å². The van der Waals surface area contributed by atoms with Crippen LogP contribution in [0.15, 0.2) is 67.1 Å². The van der Waals surface area contributed by atoms with E-state index in [0.29, 0.717) is 22.8 Å². The molecule has 0 spiro atoms. The Bertz CT molecular complexity index is 839. The summed E-state index contributed by atoms with van der Waals surface area (Å²) in [7, 11) is 0. The second kappa shape index (κ2) is 7.57. The Morgan fingerprint density at radius 1 is 1.04 bits per heavy atom. The lowest BCUT2D eigenvalue weighted by molar-refractivity contribution is 0.102. The number of nitrogens with one attached hydrogen (secondary N) is 2. The molecule has 0 aliphatic rings. The van der Waals surface area contributed by atoms with Crippen molar-refractivity contribution < 1.29 is 4.79 Å². The zero-order chi connectivity index (χ0) is 16.8. The zero-order valence-electron chi connectivity index (χ0n) is 12.7. The van der Waals surface area contributed by atoms with Gasteiger partial charge in [0.25, 0.3) is 5.91 Å². The molecule has 0 saturated heterocycles. The average molecular weight is 339 g/mol. The first-order chi connectivity index (χ1) is 11.7. The quantitative estimate of drug-likeness (QED) is 0.738. The van der Waals surface area contributed by atoms with Gasteiger partial charge in [-0.25, -0.2) is 0 Å². The van der Waals surface area contributed by atoms with Crippen LogP contribution in [0, 0.1) is 0 Å². The minimum Gasteiger partial charge on any atom is -0.378 e. The first-order valence-corrected chi connectivity index (χ1v) is 7.74. The van der Waals surface area contributed by atoms with E-state index in [1.807, 2.05) is 18.2 Å². The molecule has 0 saturated carbocycles. The molecule has 120 valence electrons. The number of anilines is 2. The molecule has 0 aliphatic carbocycles. The predicted molar refractivity (Wildman–Crippen MR) is 95.2 cm³/mol. The molecule has 0 aliphatic heterocycles. The highest BCUT2D eigenvalue weighted by Crippen LogP contribution is 2.17. The Kier molecular flexibility index (Phi) is 5.03. The fraction of sp³-hybridized carbons (Fsp3) is 0.0556. The molecule has 0 unspecified atom stereocenters. The highest BCUT2D eigenvalue weighted by atomic mass is 35.5. The molecule has 1 amide bonds. The zero-order valence-corrected chi connectivity index (χ0v) is 13.5. The molecule has 0 fully saturated rings. The van der Waals surface area contributed by atoms with Crippen molar-refractivity contribution in [3.05, 3.63) is 83.4 Å². The Hall–Kier alpha value is -2.92. The van der Waals surface area contributed by atoms with Gasteiger partial charge in [-0.3, -0.25) is 14.8 Å². The van der Waals surface area contributed by atoms with E-state index in [1.165, 1.54) is 6.20 Å². The van der Waals surface area contributed by atoms with Gasteiger partial charge >= 0.3 is 0 Å². The molecule has 24 heavy (non-hydrogen) atoms. The highest BCUT2D eigenvalue weighted by Gasteiger charge is 2.08. The van der Waals surface area contributed by atoms with Crippen LogP contribution in [-0.2, 0) is 6.54 Å². The van der Waals surface area contributed by atoms with Crippen molar-refractivity contribution in [2.45, 2.75) is 6.54 Å². The van der Waals surface area contributed by atoms with E-state index in [1.54, 1.807) is 42.7 Å². The van der Waals surface area contributed by atoms with Gasteiger partial charge in [0.1, 0.15) is 0 Å². The third-order valence-corrected chi connectivity index (χ3v) is 3.52. The third kappa shape index (κ3) is 4.30. The van der Waals surface area contributed by atoms with Crippen molar-refractivity contribution in [1.29, 1.82) is 0 Å². The van der Waals surface area contributed by atoms with Crippen molar-refractivity contribution in [3.8, 4) is 0 Å². The first kappa shape index (κ1) is 16.0. The van der Waals surface area contributed by atoms with Crippen molar-refractivity contribution in [2.24, 2.45) is 0 Å². The number of halogens is 1. The number of benzene rings is 1. The number of aromatic nitrogens is 2. The lowest BCUT2D eigenvalue weighted by Gasteiger charge is -2.08. The monoisotopic (exact) mass is 338 g/mol. The van der Waals surface area contributed by atoms with E-state index >= 15 is 0 Å². The van der Waals surface area contributed by atoms with E-state index in [9.17, 15) is 4.79 Å². The first-order valence-electron chi connectivity index (χ1n) is 7.36. The third-order valence-electron chi connectivity index (χ3n) is 3.28. The second-order valence-electron chi connectivity index (χ2n) is 5.10. The summed E-state index contributed by atoms with van der Waals surface area (Å²) in [5.74, 6) is -0.244. The summed E-state index contributed by atoms with van der Waals surface area (Å²) in [4.78, 5) is 20.7. The SMILES string of the molecule is O=C(Nc1cccc(Cl)c1)c1cncc(NCc2ccccn2)c1. The molecule has 5 nitrogen and oxygen atoms in total. The molecule has 6 heteroatoms. The Morgan fingerprint density at radius 2 is 1.96 bits per heavy atom. The van der Waals surface area contributed by atoms with Gasteiger partial charge in [-0.15, -0.1) is 0 Å². The maximum absolute atomic E-state index is 12.3. The molecule has 1 aromatic carbocycles. The van der Waals surface area contributed by atoms with Crippen LogP contribution < -0.4 is 10.6 Å². The van der Waals surface area contributed by atoms with E-state index in [0.717, 1.165) is 11.4 Å². The average Bonchev–Trinajstić information content (AvgIpc) is 2.61. The topological polar surface area (TPSA) is 66.9 Å². The maximum Gasteiger partial charge on any atom is 0.257 e. The van der Waals surface area contributed by atoms with Gasteiger partial charge in [0.2, 0.25) is 0 Å². The minimum absolute atomic E-state index is 0.244. The number of hydrogen-bond donors (Lipinski definition) is 2. The predicted octanol–water partition coefficient (Wildman–Crippen LogP) is 3.99. The van der Waals surface area contributed by atoms with Crippen LogP contribution in [0.3, 0.4) is 0 Å². The summed E-state index contributed by atoms with van der Waals surface area (Å²) in [6, 6.07) is 14.5. The summed E-state index contributed by atoms with van der Waals surface area (Å²) in [6.45, 7) is 0.557. The molecule has 3 rings (SSSR count). The van der Waals surface area contributed by atoms with Crippen molar-refractivity contribution in [2.75, 3.05) is 10.6 Å². The Balaban J connectivity index is 1.67. The Morgan fingerprint density at radius 3 is 2.75 bits per heavy atom. The van der Waals surface area contributed by atoms with Crippen molar-refractivity contribution in [1.82, 2.24) is 9.97 Å². The molecule has 0 bridgehead atoms. The lowest BCUT2D eigenvalue weighted by atomic mass is 10.2. The van der Waals surface area contributed by atoms with E-state index in [-0.39, 0.29) is 5.91 Å². The normalized spacial score (nSPS) is 10.2. The molecular formula is C18H15ClN4O. The van der Waals surface area contributed by atoms with E-state index < -0.39 is 0 Å². The van der Waals surface area contributed by atoms with Gasteiger partial charge in [0.05, 0.1) is 23.5 Å². The highest BCUT2D eigenvalue weighted by molar-refractivity contribution is 6.30. The summed E-state index contributed by atoms with van der Waals surface area (Å²) < 4.78 is 0. The van der Waals surface area contributed by atoms with Gasteiger partial charge in [0, 0.05) is 29.3 Å². The second-order valence-corrected chi connectivity index (χ2v) is 5.54. The standard InChI is InChI=1S/C18H15ClN4O/c19-14-4-3-6-15(9-14)23-18(24)13-8-17(11-20-10-13)22-12-16-5-1-2-7-21-16/h1-11,22H,12H2,(H,23,24). The minimum atomic E-state index is -0.244. The van der Waals surface area contributed by atoms with Crippen LogP contribution in [0.5, 0.6) is 0 Å². The molecule has 0 atom stereocenters. The summed E-state index contributed by atoms with van der Waals surface area (Å²) in [5, 5.41) is 6.57. The number of rotatable bonds is 5. The molecule has 3 aromatic rings. The number of hydrogen-bond acceptors (Lipinski definition) is 4. The van der Waals surface area contributed by atoms with Crippen LogP contribution in [0.25, 0.3) is 0 Å². The van der Waals surface area contributed by atoms with Crippen molar-refractivity contribution in [3.63, 3.8) is 0 Å². The largest absolute Gasteiger partial charge is 0.378 e. The fourth-order valence-electron chi connectivity index (χ4n) is 2.13. The van der Waals surface area contributed by atoms with Gasteiger partial charge in [-0.2, -0.15) is 0 Å². The Labute approximate surface area is 144 Å². The fourth-order valence-corrected chi connectivity index (χ4v) is 2.32. The van der Waals surface area contributed by atoms with Crippen LogP contribution in [0.4, 0.5) is 11.4 Å². The van der Waals surface area contributed by atoms with E-state index in [4.69, 9.17) is 11.6 Å². The number of nitrogens with zero attached hydrogens (tertiary/aromatic N) is 2. The van der Waals surface area contributed by atoms with Gasteiger partial charge in [-0.05, 0) is 36.4 Å². The number of carbonyl (C=O) groups excluding carboxylic acids is 1. The molecule has 2 heterocycles. The smallest absolute Gasteiger partial charge is 0.257 e. The van der Waals surface area contributed by atoms with Crippen molar-refractivity contribution >= 4 is 28.9 Å².